The van der Waals surface area contributed by atoms with Crippen molar-refractivity contribution in [2.24, 2.45) is 35.3 Å². The van der Waals surface area contributed by atoms with Crippen molar-refractivity contribution in [2.75, 3.05) is 0 Å². The topological polar surface area (TPSA) is 26.0 Å². The third-order valence-electron chi connectivity index (χ3n) is 5.68. The van der Waals surface area contributed by atoms with Crippen LogP contribution in [-0.2, 0) is 0 Å². The molecule has 0 aromatic heterocycles. The van der Waals surface area contributed by atoms with Gasteiger partial charge in [0.1, 0.15) is 0 Å². The summed E-state index contributed by atoms with van der Waals surface area (Å²) in [5.74, 6) is 4.16. The highest BCUT2D eigenvalue weighted by molar-refractivity contribution is 5.00. The third-order valence-corrected chi connectivity index (χ3v) is 5.68. The Morgan fingerprint density at radius 1 is 0.824 bits per heavy atom. The molecule has 0 bridgehead atoms. The summed E-state index contributed by atoms with van der Waals surface area (Å²) >= 11 is 0. The largest absolute Gasteiger partial charge is 0.325 e. The van der Waals surface area contributed by atoms with Crippen LogP contribution in [0.4, 0.5) is 0 Å². The standard InChI is InChI=1S/C16H31N/c1-11-5-6-16(17,14(4)8-11)15-9-12(2)7-13(3)10-15/h11-15H,5-10,17H2,1-4H3. The zero-order chi connectivity index (χ0) is 12.6. The van der Waals surface area contributed by atoms with Crippen LogP contribution in [0.2, 0.25) is 0 Å². The van der Waals surface area contributed by atoms with Crippen LogP contribution in [0.1, 0.15) is 66.2 Å². The number of nitrogens with two attached hydrogens (primary N) is 1. The molecular formula is C16H31N. The van der Waals surface area contributed by atoms with E-state index >= 15 is 0 Å². The van der Waals surface area contributed by atoms with E-state index < -0.39 is 0 Å². The van der Waals surface area contributed by atoms with Crippen molar-refractivity contribution in [1.82, 2.24) is 0 Å². The summed E-state index contributed by atoms with van der Waals surface area (Å²) in [6, 6.07) is 0. The average molecular weight is 237 g/mol. The molecular weight excluding hydrogens is 206 g/mol. The van der Waals surface area contributed by atoms with E-state index in [9.17, 15) is 0 Å². The number of hydrogen-bond acceptors (Lipinski definition) is 1. The fourth-order valence-corrected chi connectivity index (χ4v) is 4.68. The maximum Gasteiger partial charge on any atom is 0.0209 e. The van der Waals surface area contributed by atoms with E-state index in [1.807, 2.05) is 0 Å². The molecule has 0 spiro atoms. The van der Waals surface area contributed by atoms with Crippen LogP contribution in [-0.4, -0.2) is 5.54 Å². The van der Waals surface area contributed by atoms with Gasteiger partial charge in [-0.1, -0.05) is 27.7 Å². The molecule has 0 heterocycles. The Balaban J connectivity index is 2.08. The fourth-order valence-electron chi connectivity index (χ4n) is 4.68. The highest BCUT2D eigenvalue weighted by Crippen LogP contribution is 2.46. The summed E-state index contributed by atoms with van der Waals surface area (Å²) in [5, 5.41) is 0. The fraction of sp³-hybridized carbons (Fsp3) is 1.00. The van der Waals surface area contributed by atoms with E-state index in [2.05, 4.69) is 27.7 Å². The van der Waals surface area contributed by atoms with Crippen LogP contribution in [0.3, 0.4) is 0 Å². The molecule has 2 aliphatic carbocycles. The highest BCUT2D eigenvalue weighted by atomic mass is 14.8. The number of hydrogen-bond donors (Lipinski definition) is 1. The van der Waals surface area contributed by atoms with Crippen molar-refractivity contribution in [3.8, 4) is 0 Å². The number of rotatable bonds is 1. The Kier molecular flexibility index (Phi) is 3.87. The van der Waals surface area contributed by atoms with Gasteiger partial charge < -0.3 is 5.73 Å². The predicted octanol–water partition coefficient (Wildman–Crippen LogP) is 4.21. The van der Waals surface area contributed by atoms with E-state index in [1.54, 1.807) is 0 Å². The molecule has 5 unspecified atom stereocenters. The van der Waals surface area contributed by atoms with Gasteiger partial charge >= 0.3 is 0 Å². The molecule has 2 aliphatic rings. The van der Waals surface area contributed by atoms with Gasteiger partial charge in [0.15, 0.2) is 0 Å². The minimum absolute atomic E-state index is 0.148. The quantitative estimate of drug-likeness (QED) is 0.726. The predicted molar refractivity (Wildman–Crippen MR) is 74.8 cm³/mol. The molecule has 2 fully saturated rings. The van der Waals surface area contributed by atoms with Crippen molar-refractivity contribution in [3.05, 3.63) is 0 Å². The molecule has 2 N–H and O–H groups in total. The molecule has 0 aromatic rings. The molecule has 0 saturated heterocycles. The summed E-state index contributed by atoms with van der Waals surface area (Å²) in [4.78, 5) is 0. The lowest BCUT2D eigenvalue weighted by atomic mass is 9.59. The molecule has 5 atom stereocenters. The third kappa shape index (κ3) is 2.70. The average Bonchev–Trinajstić information content (AvgIpc) is 2.22. The second-order valence-corrected chi connectivity index (χ2v) is 7.51. The van der Waals surface area contributed by atoms with Gasteiger partial charge in [-0.2, -0.15) is 0 Å². The maximum atomic E-state index is 6.86. The molecule has 0 amide bonds. The van der Waals surface area contributed by atoms with Crippen LogP contribution in [0.5, 0.6) is 0 Å². The van der Waals surface area contributed by atoms with E-state index in [0.717, 1.165) is 23.7 Å². The minimum Gasteiger partial charge on any atom is -0.325 e. The monoisotopic (exact) mass is 237 g/mol. The van der Waals surface area contributed by atoms with Crippen LogP contribution in [0.25, 0.3) is 0 Å². The lowest BCUT2D eigenvalue weighted by molar-refractivity contribution is 0.0509. The first-order valence-electron chi connectivity index (χ1n) is 7.70. The lowest BCUT2D eigenvalue weighted by Crippen LogP contribution is -2.56. The Bertz CT molecular complexity index is 252. The van der Waals surface area contributed by atoms with Gasteiger partial charge in [-0.15, -0.1) is 0 Å². The molecule has 1 heteroatoms. The molecule has 2 rings (SSSR count). The van der Waals surface area contributed by atoms with Gasteiger partial charge in [0.25, 0.3) is 0 Å². The zero-order valence-electron chi connectivity index (χ0n) is 12.2. The van der Waals surface area contributed by atoms with Crippen LogP contribution < -0.4 is 5.73 Å². The van der Waals surface area contributed by atoms with Crippen molar-refractivity contribution in [1.29, 1.82) is 0 Å². The van der Waals surface area contributed by atoms with E-state index in [0.29, 0.717) is 5.92 Å². The Labute approximate surface area is 108 Å². The summed E-state index contributed by atoms with van der Waals surface area (Å²) in [5.41, 5.74) is 7.01. The molecule has 0 aromatic carbocycles. The first kappa shape index (κ1) is 13.4. The summed E-state index contributed by atoms with van der Waals surface area (Å²) in [6.45, 7) is 9.63. The SMILES string of the molecule is CC1CCC(N)(C2CC(C)CC(C)C2)C(C)C1. The first-order valence-corrected chi connectivity index (χ1v) is 7.70. The molecule has 17 heavy (non-hydrogen) atoms. The van der Waals surface area contributed by atoms with Gasteiger partial charge in [-0.05, 0) is 68.1 Å². The van der Waals surface area contributed by atoms with Gasteiger partial charge in [-0.25, -0.2) is 0 Å². The second-order valence-electron chi connectivity index (χ2n) is 7.51. The van der Waals surface area contributed by atoms with Gasteiger partial charge in [-0.3, -0.25) is 0 Å². The van der Waals surface area contributed by atoms with Crippen molar-refractivity contribution >= 4 is 0 Å². The normalized spacial score (nSPS) is 52.4. The van der Waals surface area contributed by atoms with Gasteiger partial charge in [0.05, 0.1) is 0 Å². The Morgan fingerprint density at radius 2 is 1.41 bits per heavy atom. The first-order chi connectivity index (χ1) is 7.91. The van der Waals surface area contributed by atoms with Crippen LogP contribution in [0.15, 0.2) is 0 Å². The molecule has 100 valence electrons. The van der Waals surface area contributed by atoms with Gasteiger partial charge in [0.2, 0.25) is 0 Å². The van der Waals surface area contributed by atoms with Crippen molar-refractivity contribution < 1.29 is 0 Å². The van der Waals surface area contributed by atoms with Gasteiger partial charge in [0, 0.05) is 5.54 Å². The van der Waals surface area contributed by atoms with Crippen molar-refractivity contribution in [2.45, 2.75) is 71.8 Å². The van der Waals surface area contributed by atoms with Crippen LogP contribution >= 0.6 is 0 Å². The van der Waals surface area contributed by atoms with Crippen LogP contribution in [0, 0.1) is 29.6 Å². The molecule has 1 nitrogen and oxygen atoms in total. The zero-order valence-corrected chi connectivity index (χ0v) is 12.2. The summed E-state index contributed by atoms with van der Waals surface area (Å²) < 4.78 is 0. The Morgan fingerprint density at radius 3 is 1.94 bits per heavy atom. The van der Waals surface area contributed by atoms with E-state index in [4.69, 9.17) is 5.73 Å². The minimum atomic E-state index is 0.148. The summed E-state index contributed by atoms with van der Waals surface area (Å²) in [6.07, 6.45) is 8.12. The molecule has 0 radical (unpaired) electrons. The van der Waals surface area contributed by atoms with Crippen molar-refractivity contribution in [3.63, 3.8) is 0 Å². The smallest absolute Gasteiger partial charge is 0.0209 e. The Hall–Kier alpha value is -0.0400. The second kappa shape index (κ2) is 4.91. The lowest BCUT2D eigenvalue weighted by Gasteiger charge is -2.50. The van der Waals surface area contributed by atoms with E-state index in [-0.39, 0.29) is 5.54 Å². The summed E-state index contributed by atoms with van der Waals surface area (Å²) in [7, 11) is 0. The maximum absolute atomic E-state index is 6.86. The highest BCUT2D eigenvalue weighted by Gasteiger charge is 2.44. The molecule has 0 aliphatic heterocycles. The molecule has 2 saturated carbocycles. The van der Waals surface area contributed by atoms with E-state index in [1.165, 1.54) is 38.5 Å².